The van der Waals surface area contributed by atoms with Crippen LogP contribution in [0, 0.1) is 0 Å². The summed E-state index contributed by atoms with van der Waals surface area (Å²) < 4.78 is 6.02. The molecule has 0 aliphatic heterocycles. The Bertz CT molecular complexity index is 584. The van der Waals surface area contributed by atoms with Gasteiger partial charge >= 0.3 is 0 Å². The van der Waals surface area contributed by atoms with Crippen molar-refractivity contribution in [2.24, 2.45) is 5.73 Å². The van der Waals surface area contributed by atoms with Crippen molar-refractivity contribution in [3.63, 3.8) is 0 Å². The number of hydrogen-bond donors (Lipinski definition) is 1. The standard InChI is InChI=1S/C14H12BrCl2NO/c1-19-8-5-6-9(10(15)7-8)14(18)13-11(16)3-2-4-12(13)17/h2-7,14H,18H2,1H3. The van der Waals surface area contributed by atoms with Crippen molar-refractivity contribution in [1.82, 2.24) is 0 Å². The summed E-state index contributed by atoms with van der Waals surface area (Å²) in [6, 6.07) is 10.6. The molecule has 2 aromatic rings. The second kappa shape index (κ2) is 6.14. The summed E-state index contributed by atoms with van der Waals surface area (Å²) >= 11 is 15.9. The van der Waals surface area contributed by atoms with Gasteiger partial charge in [0.15, 0.2) is 0 Å². The molecule has 19 heavy (non-hydrogen) atoms. The van der Waals surface area contributed by atoms with Gasteiger partial charge in [-0.25, -0.2) is 0 Å². The van der Waals surface area contributed by atoms with Gasteiger partial charge < -0.3 is 10.5 Å². The van der Waals surface area contributed by atoms with Crippen molar-refractivity contribution >= 4 is 39.1 Å². The van der Waals surface area contributed by atoms with Gasteiger partial charge in [-0.3, -0.25) is 0 Å². The summed E-state index contributed by atoms with van der Waals surface area (Å²) in [7, 11) is 1.62. The third-order valence-electron chi connectivity index (χ3n) is 2.85. The van der Waals surface area contributed by atoms with Crippen LogP contribution in [0.5, 0.6) is 5.75 Å². The van der Waals surface area contributed by atoms with Crippen LogP contribution in [0.2, 0.25) is 10.0 Å². The highest BCUT2D eigenvalue weighted by atomic mass is 79.9. The molecule has 0 amide bonds. The first-order chi connectivity index (χ1) is 9.04. The highest BCUT2D eigenvalue weighted by molar-refractivity contribution is 9.10. The molecule has 2 N–H and O–H groups in total. The molecule has 0 radical (unpaired) electrons. The lowest BCUT2D eigenvalue weighted by Crippen LogP contribution is -2.13. The fraction of sp³-hybridized carbons (Fsp3) is 0.143. The van der Waals surface area contributed by atoms with E-state index in [1.807, 2.05) is 18.2 Å². The summed E-state index contributed by atoms with van der Waals surface area (Å²) in [4.78, 5) is 0. The molecular formula is C14H12BrCl2NO. The fourth-order valence-corrected chi connectivity index (χ4v) is 3.09. The summed E-state index contributed by atoms with van der Waals surface area (Å²) in [6.45, 7) is 0. The molecule has 100 valence electrons. The SMILES string of the molecule is COc1ccc(C(N)c2c(Cl)cccc2Cl)c(Br)c1. The number of hydrogen-bond acceptors (Lipinski definition) is 2. The monoisotopic (exact) mass is 359 g/mol. The Morgan fingerprint density at radius 3 is 2.32 bits per heavy atom. The second-order valence-electron chi connectivity index (χ2n) is 4.00. The highest BCUT2D eigenvalue weighted by Gasteiger charge is 2.18. The van der Waals surface area contributed by atoms with Crippen molar-refractivity contribution in [2.45, 2.75) is 6.04 Å². The van der Waals surface area contributed by atoms with Crippen LogP contribution in [0.3, 0.4) is 0 Å². The van der Waals surface area contributed by atoms with Crippen LogP contribution < -0.4 is 10.5 Å². The number of ether oxygens (including phenoxy) is 1. The predicted octanol–water partition coefficient (Wildman–Crippen LogP) is 4.81. The zero-order valence-corrected chi connectivity index (χ0v) is 13.3. The lowest BCUT2D eigenvalue weighted by atomic mass is 9.99. The zero-order valence-electron chi connectivity index (χ0n) is 10.2. The van der Waals surface area contributed by atoms with E-state index in [1.54, 1.807) is 25.3 Å². The summed E-state index contributed by atoms with van der Waals surface area (Å²) in [5.41, 5.74) is 7.89. The molecule has 2 rings (SSSR count). The van der Waals surface area contributed by atoms with Gasteiger partial charge in [0, 0.05) is 20.1 Å². The van der Waals surface area contributed by atoms with E-state index in [4.69, 9.17) is 33.7 Å². The van der Waals surface area contributed by atoms with Crippen molar-refractivity contribution in [1.29, 1.82) is 0 Å². The molecule has 1 atom stereocenters. The fourth-order valence-electron chi connectivity index (χ4n) is 1.85. The summed E-state index contributed by atoms with van der Waals surface area (Å²) in [5.74, 6) is 0.757. The van der Waals surface area contributed by atoms with Gasteiger partial charge in [0.05, 0.1) is 13.2 Å². The lowest BCUT2D eigenvalue weighted by molar-refractivity contribution is 0.414. The molecule has 0 aliphatic carbocycles. The molecule has 1 unspecified atom stereocenters. The quantitative estimate of drug-likeness (QED) is 0.852. The first-order valence-electron chi connectivity index (χ1n) is 5.57. The minimum Gasteiger partial charge on any atom is -0.497 e. The Kier molecular flexibility index (Phi) is 4.74. The predicted molar refractivity (Wildman–Crippen MR) is 83.2 cm³/mol. The maximum absolute atomic E-state index is 6.27. The minimum atomic E-state index is -0.401. The first-order valence-corrected chi connectivity index (χ1v) is 7.12. The number of methoxy groups -OCH3 is 1. The average Bonchev–Trinajstić information content (AvgIpc) is 2.38. The molecule has 0 aromatic heterocycles. The van der Waals surface area contributed by atoms with Gasteiger partial charge in [-0.05, 0) is 29.8 Å². The van der Waals surface area contributed by atoms with Gasteiger partial charge in [0.2, 0.25) is 0 Å². The Morgan fingerprint density at radius 1 is 1.16 bits per heavy atom. The van der Waals surface area contributed by atoms with Gasteiger partial charge in [0.1, 0.15) is 5.75 Å². The van der Waals surface area contributed by atoms with Crippen LogP contribution in [0.25, 0.3) is 0 Å². The lowest BCUT2D eigenvalue weighted by Gasteiger charge is -2.17. The van der Waals surface area contributed by atoms with Crippen LogP contribution in [0.1, 0.15) is 17.2 Å². The zero-order chi connectivity index (χ0) is 14.0. The van der Waals surface area contributed by atoms with Crippen LogP contribution in [0.4, 0.5) is 0 Å². The summed E-state index contributed by atoms with van der Waals surface area (Å²) in [5, 5.41) is 1.12. The maximum Gasteiger partial charge on any atom is 0.120 e. The van der Waals surface area contributed by atoms with Crippen molar-refractivity contribution < 1.29 is 4.74 Å². The van der Waals surface area contributed by atoms with Gasteiger partial charge in [0.25, 0.3) is 0 Å². The second-order valence-corrected chi connectivity index (χ2v) is 5.67. The molecule has 0 saturated heterocycles. The van der Waals surface area contributed by atoms with E-state index in [0.29, 0.717) is 10.0 Å². The van der Waals surface area contributed by atoms with E-state index in [9.17, 15) is 0 Å². The number of nitrogens with two attached hydrogens (primary N) is 1. The average molecular weight is 361 g/mol. The van der Waals surface area contributed by atoms with Crippen molar-refractivity contribution in [2.75, 3.05) is 7.11 Å². The Hall–Kier alpha value is -0.740. The van der Waals surface area contributed by atoms with Crippen LogP contribution in [-0.2, 0) is 0 Å². The molecule has 0 fully saturated rings. The Balaban J connectivity index is 2.47. The molecule has 5 heteroatoms. The maximum atomic E-state index is 6.27. The minimum absolute atomic E-state index is 0.401. The van der Waals surface area contributed by atoms with Crippen LogP contribution in [-0.4, -0.2) is 7.11 Å². The third kappa shape index (κ3) is 3.06. The van der Waals surface area contributed by atoms with Gasteiger partial charge in [-0.2, -0.15) is 0 Å². The van der Waals surface area contributed by atoms with E-state index < -0.39 is 6.04 Å². The molecule has 0 heterocycles. The molecular weight excluding hydrogens is 349 g/mol. The Labute approximate surface area is 130 Å². The normalized spacial score (nSPS) is 12.3. The van der Waals surface area contributed by atoms with Crippen molar-refractivity contribution in [3.05, 3.63) is 62.0 Å². The van der Waals surface area contributed by atoms with Gasteiger partial charge in [-0.1, -0.05) is 51.3 Å². The molecule has 0 spiro atoms. The Morgan fingerprint density at radius 2 is 1.79 bits per heavy atom. The number of halogens is 3. The molecule has 0 bridgehead atoms. The number of rotatable bonds is 3. The van der Waals surface area contributed by atoms with E-state index in [-0.39, 0.29) is 0 Å². The third-order valence-corrected chi connectivity index (χ3v) is 4.20. The topological polar surface area (TPSA) is 35.2 Å². The molecule has 0 aliphatic rings. The summed E-state index contributed by atoms with van der Waals surface area (Å²) in [6.07, 6.45) is 0. The smallest absolute Gasteiger partial charge is 0.120 e. The molecule has 2 nitrogen and oxygen atoms in total. The van der Waals surface area contributed by atoms with Crippen LogP contribution >= 0.6 is 39.1 Å². The number of benzene rings is 2. The van der Waals surface area contributed by atoms with E-state index in [1.165, 1.54) is 0 Å². The van der Waals surface area contributed by atoms with E-state index in [0.717, 1.165) is 21.3 Å². The van der Waals surface area contributed by atoms with E-state index >= 15 is 0 Å². The largest absolute Gasteiger partial charge is 0.497 e. The van der Waals surface area contributed by atoms with E-state index in [2.05, 4.69) is 15.9 Å². The highest BCUT2D eigenvalue weighted by Crippen LogP contribution is 2.36. The van der Waals surface area contributed by atoms with Gasteiger partial charge in [-0.15, -0.1) is 0 Å². The molecule has 0 saturated carbocycles. The first kappa shape index (κ1) is 14.7. The molecule has 2 aromatic carbocycles. The van der Waals surface area contributed by atoms with Crippen LogP contribution in [0.15, 0.2) is 40.9 Å². The van der Waals surface area contributed by atoms with Crippen molar-refractivity contribution in [3.8, 4) is 5.75 Å².